The second-order valence-electron chi connectivity index (χ2n) is 5.58. The maximum Gasteiger partial charge on any atom is 0.307 e. The van der Waals surface area contributed by atoms with Crippen LogP contribution >= 0.6 is 0 Å². The Labute approximate surface area is 142 Å². The molecule has 126 valence electrons. The van der Waals surface area contributed by atoms with Gasteiger partial charge in [-0.25, -0.2) is 0 Å². The minimum atomic E-state index is -0.319. The molecule has 1 amide bonds. The van der Waals surface area contributed by atoms with Crippen LogP contribution in [0.25, 0.3) is 0 Å². The number of hydrogen-bond acceptors (Lipinski definition) is 4. The van der Waals surface area contributed by atoms with Crippen molar-refractivity contribution >= 4 is 23.3 Å². The van der Waals surface area contributed by atoms with Crippen molar-refractivity contribution in [2.75, 3.05) is 11.9 Å². The van der Waals surface area contributed by atoms with Crippen LogP contribution in [-0.2, 0) is 9.53 Å². The summed E-state index contributed by atoms with van der Waals surface area (Å²) in [5.74, 6) is -0.549. The number of anilines is 2. The normalized spacial score (nSPS) is 10.3. The van der Waals surface area contributed by atoms with E-state index in [0.29, 0.717) is 11.3 Å². The number of hydrogen-bond donors (Lipinski definition) is 2. The van der Waals surface area contributed by atoms with Crippen LogP contribution in [-0.4, -0.2) is 24.5 Å². The lowest BCUT2D eigenvalue weighted by molar-refractivity contribution is -0.147. The van der Waals surface area contributed by atoms with E-state index in [1.54, 1.807) is 26.0 Å². The first-order valence-corrected chi connectivity index (χ1v) is 7.95. The largest absolute Gasteiger partial charge is 0.463 e. The Bertz CT molecular complexity index is 684. The summed E-state index contributed by atoms with van der Waals surface area (Å²) in [7, 11) is 0. The Morgan fingerprint density at radius 2 is 1.67 bits per heavy atom. The van der Waals surface area contributed by atoms with Crippen molar-refractivity contribution in [2.24, 2.45) is 0 Å². The molecule has 0 radical (unpaired) electrons. The molecule has 0 aliphatic rings. The molecule has 0 aliphatic heterocycles. The summed E-state index contributed by atoms with van der Waals surface area (Å²) in [5, 5.41) is 5.98. The molecule has 0 aliphatic carbocycles. The molecule has 5 heteroatoms. The molecule has 0 aromatic heterocycles. The third-order valence-electron chi connectivity index (χ3n) is 3.21. The van der Waals surface area contributed by atoms with Crippen molar-refractivity contribution in [3.8, 4) is 0 Å². The van der Waals surface area contributed by atoms with Crippen LogP contribution in [0.3, 0.4) is 0 Å². The molecular formula is C19H22N2O3. The average molecular weight is 326 g/mol. The van der Waals surface area contributed by atoms with Gasteiger partial charge in [0.1, 0.15) is 0 Å². The lowest BCUT2D eigenvalue weighted by atomic mass is 10.1. The minimum absolute atomic E-state index is 0.149. The molecule has 0 spiro atoms. The first-order valence-electron chi connectivity index (χ1n) is 7.95. The van der Waals surface area contributed by atoms with Crippen LogP contribution in [0.1, 0.15) is 30.6 Å². The Morgan fingerprint density at radius 3 is 2.38 bits per heavy atom. The van der Waals surface area contributed by atoms with Crippen molar-refractivity contribution in [3.05, 3.63) is 60.2 Å². The molecule has 0 saturated heterocycles. The van der Waals surface area contributed by atoms with Crippen LogP contribution in [0.5, 0.6) is 0 Å². The van der Waals surface area contributed by atoms with Gasteiger partial charge < -0.3 is 15.4 Å². The molecule has 2 aromatic rings. The van der Waals surface area contributed by atoms with E-state index in [1.807, 2.05) is 42.5 Å². The van der Waals surface area contributed by atoms with Gasteiger partial charge in [-0.05, 0) is 38.1 Å². The van der Waals surface area contributed by atoms with E-state index in [-0.39, 0.29) is 30.9 Å². The van der Waals surface area contributed by atoms with Gasteiger partial charge in [-0.15, -0.1) is 0 Å². The van der Waals surface area contributed by atoms with Gasteiger partial charge in [-0.1, -0.05) is 30.3 Å². The average Bonchev–Trinajstić information content (AvgIpc) is 2.55. The van der Waals surface area contributed by atoms with Gasteiger partial charge in [0, 0.05) is 12.2 Å². The summed E-state index contributed by atoms with van der Waals surface area (Å²) in [4.78, 5) is 23.8. The SMILES string of the molecule is CC(C)OC(=O)CCNC(=O)c1ccccc1Nc1ccccc1. The Kier molecular flexibility index (Phi) is 6.37. The topological polar surface area (TPSA) is 67.4 Å². The van der Waals surface area contributed by atoms with E-state index in [9.17, 15) is 9.59 Å². The number of amides is 1. The highest BCUT2D eigenvalue weighted by Gasteiger charge is 2.12. The summed E-state index contributed by atoms with van der Waals surface area (Å²) in [6.45, 7) is 3.83. The molecule has 2 aromatic carbocycles. The van der Waals surface area contributed by atoms with Crippen molar-refractivity contribution in [1.29, 1.82) is 0 Å². The third-order valence-corrected chi connectivity index (χ3v) is 3.21. The zero-order valence-corrected chi connectivity index (χ0v) is 13.9. The van der Waals surface area contributed by atoms with Crippen LogP contribution in [0.2, 0.25) is 0 Å². The van der Waals surface area contributed by atoms with E-state index in [2.05, 4.69) is 10.6 Å². The van der Waals surface area contributed by atoms with E-state index < -0.39 is 0 Å². The zero-order chi connectivity index (χ0) is 17.4. The van der Waals surface area contributed by atoms with Gasteiger partial charge in [0.15, 0.2) is 0 Å². The number of benzene rings is 2. The fourth-order valence-electron chi connectivity index (χ4n) is 2.16. The highest BCUT2D eigenvalue weighted by atomic mass is 16.5. The van der Waals surface area contributed by atoms with Gasteiger partial charge >= 0.3 is 5.97 Å². The minimum Gasteiger partial charge on any atom is -0.463 e. The van der Waals surface area contributed by atoms with Gasteiger partial charge in [0.25, 0.3) is 5.91 Å². The number of para-hydroxylation sites is 2. The predicted molar refractivity (Wildman–Crippen MR) is 94.3 cm³/mol. The summed E-state index contributed by atoms with van der Waals surface area (Å²) in [5.41, 5.74) is 2.14. The number of ether oxygens (including phenoxy) is 1. The van der Waals surface area contributed by atoms with Crippen molar-refractivity contribution in [3.63, 3.8) is 0 Å². The van der Waals surface area contributed by atoms with E-state index in [1.165, 1.54) is 0 Å². The fraction of sp³-hybridized carbons (Fsp3) is 0.263. The van der Waals surface area contributed by atoms with Crippen molar-refractivity contribution in [1.82, 2.24) is 5.32 Å². The van der Waals surface area contributed by atoms with Gasteiger partial charge in [0.2, 0.25) is 0 Å². The Balaban J connectivity index is 1.96. The second kappa shape index (κ2) is 8.72. The maximum absolute atomic E-state index is 12.4. The number of carbonyl (C=O) groups is 2. The maximum atomic E-state index is 12.4. The van der Waals surface area contributed by atoms with Crippen LogP contribution in [0.4, 0.5) is 11.4 Å². The predicted octanol–water partition coefficient (Wildman–Crippen LogP) is 3.50. The second-order valence-corrected chi connectivity index (χ2v) is 5.58. The summed E-state index contributed by atoms with van der Waals surface area (Å²) >= 11 is 0. The smallest absolute Gasteiger partial charge is 0.307 e. The molecule has 24 heavy (non-hydrogen) atoms. The molecule has 0 saturated carbocycles. The van der Waals surface area contributed by atoms with E-state index in [4.69, 9.17) is 4.74 Å². The lowest BCUT2D eigenvalue weighted by Crippen LogP contribution is -2.27. The molecule has 0 atom stereocenters. The highest BCUT2D eigenvalue weighted by molar-refractivity contribution is 6.00. The molecule has 2 N–H and O–H groups in total. The molecule has 0 heterocycles. The van der Waals surface area contributed by atoms with Gasteiger partial charge in [-0.2, -0.15) is 0 Å². The van der Waals surface area contributed by atoms with Crippen LogP contribution < -0.4 is 10.6 Å². The lowest BCUT2D eigenvalue weighted by Gasteiger charge is -2.12. The first kappa shape index (κ1) is 17.5. The summed E-state index contributed by atoms with van der Waals surface area (Å²) < 4.78 is 5.04. The van der Waals surface area contributed by atoms with Crippen LogP contribution in [0.15, 0.2) is 54.6 Å². The molecule has 2 rings (SSSR count). The van der Waals surface area contributed by atoms with Crippen molar-refractivity contribution in [2.45, 2.75) is 26.4 Å². The number of carbonyl (C=O) groups excluding carboxylic acids is 2. The standard InChI is InChI=1S/C19H22N2O3/c1-14(2)24-18(22)12-13-20-19(23)16-10-6-7-11-17(16)21-15-8-4-3-5-9-15/h3-11,14,21H,12-13H2,1-2H3,(H,20,23). The monoisotopic (exact) mass is 326 g/mol. The molecule has 0 fully saturated rings. The number of nitrogens with one attached hydrogen (secondary N) is 2. The molecular weight excluding hydrogens is 304 g/mol. The van der Waals surface area contributed by atoms with E-state index in [0.717, 1.165) is 5.69 Å². The van der Waals surface area contributed by atoms with Gasteiger partial charge in [0.05, 0.1) is 23.8 Å². The molecule has 5 nitrogen and oxygen atoms in total. The van der Waals surface area contributed by atoms with Crippen LogP contribution in [0, 0.1) is 0 Å². The van der Waals surface area contributed by atoms with Crippen molar-refractivity contribution < 1.29 is 14.3 Å². The highest BCUT2D eigenvalue weighted by Crippen LogP contribution is 2.20. The zero-order valence-electron chi connectivity index (χ0n) is 13.9. The first-order chi connectivity index (χ1) is 11.6. The summed E-state index contributed by atoms with van der Waals surface area (Å²) in [6.07, 6.45) is 0.00192. The fourth-order valence-corrected chi connectivity index (χ4v) is 2.16. The number of rotatable bonds is 7. The summed E-state index contributed by atoms with van der Waals surface area (Å²) in [6, 6.07) is 16.9. The molecule has 0 unspecified atom stereocenters. The van der Waals surface area contributed by atoms with E-state index >= 15 is 0 Å². The Hall–Kier alpha value is -2.82. The number of esters is 1. The van der Waals surface area contributed by atoms with Gasteiger partial charge in [-0.3, -0.25) is 9.59 Å². The molecule has 0 bridgehead atoms. The quantitative estimate of drug-likeness (QED) is 0.764. The third kappa shape index (κ3) is 5.43. The Morgan fingerprint density at radius 1 is 1.00 bits per heavy atom.